The lowest BCUT2D eigenvalue weighted by molar-refractivity contribution is -0.129. The molecule has 0 spiro atoms. The van der Waals surface area contributed by atoms with Gasteiger partial charge in [-0.15, -0.1) is 0 Å². The van der Waals surface area contributed by atoms with Crippen LogP contribution in [0.25, 0.3) is 0 Å². The Balaban J connectivity index is 1.77. The predicted molar refractivity (Wildman–Crippen MR) is 101 cm³/mol. The van der Waals surface area contributed by atoms with Gasteiger partial charge in [-0.3, -0.25) is 9.59 Å². The van der Waals surface area contributed by atoms with Gasteiger partial charge < -0.3 is 16.0 Å². The summed E-state index contributed by atoms with van der Waals surface area (Å²) in [6, 6.07) is 11.4. The minimum absolute atomic E-state index is 0.149. The van der Waals surface area contributed by atoms with Crippen molar-refractivity contribution in [3.05, 3.63) is 53.1 Å². The SMILES string of the molecule is Cc1cc(C)cc(N2CCC(C(=O)Nc3cc(N)ccc3C)C2=O)c1. The molecule has 25 heavy (non-hydrogen) atoms. The van der Waals surface area contributed by atoms with Gasteiger partial charge in [-0.25, -0.2) is 0 Å². The third-order valence-electron chi connectivity index (χ3n) is 4.56. The summed E-state index contributed by atoms with van der Waals surface area (Å²) in [5.41, 5.74) is 11.0. The van der Waals surface area contributed by atoms with Crippen molar-refractivity contribution in [3.63, 3.8) is 0 Å². The number of carbonyl (C=O) groups is 2. The zero-order valence-corrected chi connectivity index (χ0v) is 14.8. The normalized spacial score (nSPS) is 17.0. The Morgan fingerprint density at radius 1 is 1.12 bits per heavy atom. The zero-order valence-electron chi connectivity index (χ0n) is 14.8. The van der Waals surface area contributed by atoms with Gasteiger partial charge in [-0.05, 0) is 68.1 Å². The van der Waals surface area contributed by atoms with Crippen LogP contribution < -0.4 is 16.0 Å². The van der Waals surface area contributed by atoms with Gasteiger partial charge in [0.15, 0.2) is 0 Å². The smallest absolute Gasteiger partial charge is 0.239 e. The molecule has 1 aliphatic heterocycles. The molecule has 5 nitrogen and oxygen atoms in total. The van der Waals surface area contributed by atoms with E-state index >= 15 is 0 Å². The Labute approximate surface area is 147 Å². The minimum Gasteiger partial charge on any atom is -0.399 e. The number of anilines is 3. The topological polar surface area (TPSA) is 75.4 Å². The number of benzene rings is 2. The Kier molecular flexibility index (Phi) is 4.49. The van der Waals surface area contributed by atoms with E-state index in [1.54, 1.807) is 17.0 Å². The molecule has 1 fully saturated rings. The molecule has 5 heteroatoms. The number of nitrogen functional groups attached to an aromatic ring is 1. The van der Waals surface area contributed by atoms with Crippen LogP contribution in [0.15, 0.2) is 36.4 Å². The summed E-state index contributed by atoms with van der Waals surface area (Å²) in [5.74, 6) is -1.09. The molecule has 0 aromatic heterocycles. The van der Waals surface area contributed by atoms with Gasteiger partial charge in [-0.2, -0.15) is 0 Å². The fourth-order valence-electron chi connectivity index (χ4n) is 3.28. The highest BCUT2D eigenvalue weighted by Crippen LogP contribution is 2.28. The fourth-order valence-corrected chi connectivity index (χ4v) is 3.28. The molecular weight excluding hydrogens is 314 g/mol. The molecule has 0 aliphatic carbocycles. The molecule has 0 radical (unpaired) electrons. The van der Waals surface area contributed by atoms with E-state index in [9.17, 15) is 9.59 Å². The van der Waals surface area contributed by atoms with Crippen molar-refractivity contribution >= 4 is 28.9 Å². The molecule has 3 N–H and O–H groups in total. The Bertz CT molecular complexity index is 825. The first-order valence-electron chi connectivity index (χ1n) is 8.42. The zero-order chi connectivity index (χ0) is 18.1. The van der Waals surface area contributed by atoms with Crippen LogP contribution in [0.5, 0.6) is 0 Å². The summed E-state index contributed by atoms with van der Waals surface area (Å²) >= 11 is 0. The summed E-state index contributed by atoms with van der Waals surface area (Å²) in [6.45, 7) is 6.46. The van der Waals surface area contributed by atoms with Crippen molar-refractivity contribution in [1.82, 2.24) is 0 Å². The van der Waals surface area contributed by atoms with Crippen molar-refractivity contribution in [1.29, 1.82) is 0 Å². The van der Waals surface area contributed by atoms with Crippen LogP contribution in [-0.2, 0) is 9.59 Å². The molecule has 1 unspecified atom stereocenters. The van der Waals surface area contributed by atoms with Gasteiger partial charge in [-0.1, -0.05) is 12.1 Å². The van der Waals surface area contributed by atoms with Crippen LogP contribution in [0.4, 0.5) is 17.1 Å². The lowest BCUT2D eigenvalue weighted by atomic mass is 10.1. The van der Waals surface area contributed by atoms with E-state index < -0.39 is 5.92 Å². The molecule has 3 rings (SSSR count). The molecular formula is C20H23N3O2. The van der Waals surface area contributed by atoms with Crippen LogP contribution in [0.2, 0.25) is 0 Å². The van der Waals surface area contributed by atoms with Crippen LogP contribution in [0.3, 0.4) is 0 Å². The third kappa shape index (κ3) is 3.50. The number of nitrogens with two attached hydrogens (primary N) is 1. The van der Waals surface area contributed by atoms with Gasteiger partial charge in [0, 0.05) is 23.6 Å². The van der Waals surface area contributed by atoms with Crippen LogP contribution >= 0.6 is 0 Å². The maximum atomic E-state index is 12.8. The number of nitrogens with zero attached hydrogens (tertiary/aromatic N) is 1. The van der Waals surface area contributed by atoms with E-state index in [4.69, 9.17) is 5.73 Å². The van der Waals surface area contributed by atoms with E-state index in [2.05, 4.69) is 11.4 Å². The van der Waals surface area contributed by atoms with Gasteiger partial charge >= 0.3 is 0 Å². The second-order valence-electron chi connectivity index (χ2n) is 6.74. The van der Waals surface area contributed by atoms with Crippen LogP contribution in [0, 0.1) is 26.7 Å². The number of carbonyl (C=O) groups excluding carboxylic acids is 2. The Morgan fingerprint density at radius 2 is 1.80 bits per heavy atom. The number of rotatable bonds is 3. The summed E-state index contributed by atoms with van der Waals surface area (Å²) in [4.78, 5) is 27.1. The predicted octanol–water partition coefficient (Wildman–Crippen LogP) is 3.19. The molecule has 0 bridgehead atoms. The largest absolute Gasteiger partial charge is 0.399 e. The van der Waals surface area contributed by atoms with E-state index in [1.807, 2.05) is 39.0 Å². The van der Waals surface area contributed by atoms with Gasteiger partial charge in [0.05, 0.1) is 0 Å². The number of hydrogen-bond acceptors (Lipinski definition) is 3. The lowest BCUT2D eigenvalue weighted by Crippen LogP contribution is -2.33. The summed E-state index contributed by atoms with van der Waals surface area (Å²) in [7, 11) is 0. The molecule has 130 valence electrons. The molecule has 1 atom stereocenters. The van der Waals surface area contributed by atoms with Crippen LogP contribution in [-0.4, -0.2) is 18.4 Å². The van der Waals surface area contributed by atoms with Crippen molar-refractivity contribution in [2.75, 3.05) is 22.5 Å². The van der Waals surface area contributed by atoms with Crippen molar-refractivity contribution < 1.29 is 9.59 Å². The van der Waals surface area contributed by atoms with E-state index in [0.29, 0.717) is 24.3 Å². The van der Waals surface area contributed by atoms with E-state index in [1.165, 1.54) is 0 Å². The maximum Gasteiger partial charge on any atom is 0.239 e. The number of hydrogen-bond donors (Lipinski definition) is 2. The molecule has 1 saturated heterocycles. The molecule has 1 heterocycles. The standard InChI is InChI=1S/C20H23N3O2/c1-12-8-13(2)10-16(9-12)23-7-6-17(20(23)25)19(24)22-18-11-15(21)5-4-14(18)3/h4-5,8-11,17H,6-7,21H2,1-3H3,(H,22,24). The molecule has 1 aliphatic rings. The van der Waals surface area contributed by atoms with Gasteiger partial charge in [0.25, 0.3) is 0 Å². The third-order valence-corrected chi connectivity index (χ3v) is 4.56. The van der Waals surface area contributed by atoms with Crippen molar-refractivity contribution in [2.24, 2.45) is 5.92 Å². The Hall–Kier alpha value is -2.82. The fraction of sp³-hybridized carbons (Fsp3) is 0.300. The van der Waals surface area contributed by atoms with Crippen molar-refractivity contribution in [3.8, 4) is 0 Å². The summed E-state index contributed by atoms with van der Waals surface area (Å²) in [5, 5.41) is 2.85. The summed E-state index contributed by atoms with van der Waals surface area (Å²) < 4.78 is 0. The highest BCUT2D eigenvalue weighted by molar-refractivity contribution is 6.13. The average Bonchev–Trinajstić information content (AvgIpc) is 2.91. The monoisotopic (exact) mass is 337 g/mol. The quantitative estimate of drug-likeness (QED) is 0.667. The van der Waals surface area contributed by atoms with E-state index in [-0.39, 0.29) is 11.8 Å². The molecule has 2 amide bonds. The first kappa shape index (κ1) is 17.0. The first-order chi connectivity index (χ1) is 11.8. The highest BCUT2D eigenvalue weighted by Gasteiger charge is 2.37. The second kappa shape index (κ2) is 6.59. The maximum absolute atomic E-state index is 12.8. The van der Waals surface area contributed by atoms with Gasteiger partial charge in [0.1, 0.15) is 5.92 Å². The van der Waals surface area contributed by atoms with Crippen molar-refractivity contribution in [2.45, 2.75) is 27.2 Å². The number of aryl methyl sites for hydroxylation is 3. The highest BCUT2D eigenvalue weighted by atomic mass is 16.2. The second-order valence-corrected chi connectivity index (χ2v) is 6.74. The number of amides is 2. The first-order valence-corrected chi connectivity index (χ1v) is 8.42. The average molecular weight is 337 g/mol. The molecule has 2 aromatic carbocycles. The van der Waals surface area contributed by atoms with Crippen LogP contribution in [0.1, 0.15) is 23.1 Å². The van der Waals surface area contributed by atoms with E-state index in [0.717, 1.165) is 22.4 Å². The lowest BCUT2D eigenvalue weighted by Gasteiger charge is -2.18. The summed E-state index contributed by atoms with van der Waals surface area (Å²) in [6.07, 6.45) is 0.513. The molecule has 0 saturated carbocycles. The molecule has 2 aromatic rings. The minimum atomic E-state index is -0.665. The number of nitrogens with one attached hydrogen (secondary N) is 1. The van der Waals surface area contributed by atoms with Gasteiger partial charge in [0.2, 0.25) is 11.8 Å². The Morgan fingerprint density at radius 3 is 2.48 bits per heavy atom.